The second kappa shape index (κ2) is 5.20. The zero-order valence-electron chi connectivity index (χ0n) is 12.5. The maximum absolute atomic E-state index is 2.58. The monoisotopic (exact) mass is 254 g/mol. The highest BCUT2D eigenvalue weighted by atomic mass is 31.1. The minimum absolute atomic E-state index is 0.344. The topological polar surface area (TPSA) is 0 Å². The third kappa shape index (κ3) is 2.32. The Bertz CT molecular complexity index is 250. The molecular formula is C16H31P. The molecule has 0 aromatic rings. The largest absolute Gasteiger partial charge is 0.103 e. The van der Waals surface area contributed by atoms with E-state index in [9.17, 15) is 0 Å². The normalized spacial score (nSPS) is 39.2. The standard InChI is InChI=1S/C16H31P/c1-6-8-17(9-7-2)15-11-13-10-14(12(15)3)16(13,4)5/h12-15H,6-11H2,1-5H3. The summed E-state index contributed by atoms with van der Waals surface area (Å²) in [6.07, 6.45) is 9.01. The molecule has 17 heavy (non-hydrogen) atoms. The van der Waals surface area contributed by atoms with Crippen LogP contribution in [0.25, 0.3) is 0 Å². The summed E-state index contributed by atoms with van der Waals surface area (Å²) in [7, 11) is 0.344. The van der Waals surface area contributed by atoms with Crippen molar-refractivity contribution in [3.05, 3.63) is 0 Å². The van der Waals surface area contributed by atoms with Gasteiger partial charge in [0.1, 0.15) is 0 Å². The summed E-state index contributed by atoms with van der Waals surface area (Å²) in [5.74, 6) is 3.12. The Hall–Kier alpha value is 0.430. The summed E-state index contributed by atoms with van der Waals surface area (Å²) in [4.78, 5) is 0. The predicted octanol–water partition coefficient (Wildman–Crippen LogP) is 5.36. The van der Waals surface area contributed by atoms with Crippen LogP contribution < -0.4 is 0 Å². The molecule has 0 aliphatic heterocycles. The molecular weight excluding hydrogens is 223 g/mol. The van der Waals surface area contributed by atoms with Crippen LogP contribution in [0.15, 0.2) is 0 Å². The van der Waals surface area contributed by atoms with Crippen LogP contribution in [0.3, 0.4) is 0 Å². The van der Waals surface area contributed by atoms with Gasteiger partial charge in [-0.2, -0.15) is 0 Å². The molecule has 0 saturated heterocycles. The van der Waals surface area contributed by atoms with Crippen molar-refractivity contribution in [3.8, 4) is 0 Å². The van der Waals surface area contributed by atoms with E-state index in [0.29, 0.717) is 13.3 Å². The first-order valence-electron chi connectivity index (χ1n) is 7.76. The predicted molar refractivity (Wildman–Crippen MR) is 80.2 cm³/mol. The maximum Gasteiger partial charge on any atom is -0.0178 e. The molecule has 3 fully saturated rings. The molecule has 0 nitrogen and oxygen atoms in total. The molecule has 4 atom stereocenters. The second-order valence-electron chi connectivity index (χ2n) is 7.06. The van der Waals surface area contributed by atoms with Gasteiger partial charge in [-0.05, 0) is 54.0 Å². The quantitative estimate of drug-likeness (QED) is 0.579. The molecule has 100 valence electrons. The fourth-order valence-electron chi connectivity index (χ4n) is 4.62. The number of hydrogen-bond acceptors (Lipinski definition) is 0. The molecule has 0 amide bonds. The lowest BCUT2D eigenvalue weighted by Crippen LogP contribution is -2.56. The maximum atomic E-state index is 2.58. The van der Waals surface area contributed by atoms with Crippen LogP contribution in [0.5, 0.6) is 0 Å². The SMILES string of the molecule is CCCP(CCC)C1CC2CC(C1C)C2(C)C. The highest BCUT2D eigenvalue weighted by molar-refractivity contribution is 7.58. The van der Waals surface area contributed by atoms with E-state index in [4.69, 9.17) is 0 Å². The van der Waals surface area contributed by atoms with Gasteiger partial charge in [0.15, 0.2) is 0 Å². The molecule has 0 radical (unpaired) electrons. The molecule has 2 bridgehead atoms. The Morgan fingerprint density at radius 2 is 1.65 bits per heavy atom. The van der Waals surface area contributed by atoms with Gasteiger partial charge in [-0.25, -0.2) is 0 Å². The Morgan fingerprint density at radius 1 is 1.06 bits per heavy atom. The lowest BCUT2D eigenvalue weighted by atomic mass is 9.46. The van der Waals surface area contributed by atoms with Crippen LogP contribution in [0, 0.1) is 23.2 Å². The minimum atomic E-state index is 0.344. The zero-order chi connectivity index (χ0) is 12.6. The smallest absolute Gasteiger partial charge is 0.0178 e. The van der Waals surface area contributed by atoms with E-state index in [0.717, 1.165) is 23.4 Å². The van der Waals surface area contributed by atoms with E-state index >= 15 is 0 Å². The Labute approximate surface area is 110 Å². The number of hydrogen-bond donors (Lipinski definition) is 0. The van der Waals surface area contributed by atoms with E-state index in [1.165, 1.54) is 25.2 Å². The molecule has 0 spiro atoms. The van der Waals surface area contributed by atoms with E-state index in [2.05, 4.69) is 34.6 Å². The molecule has 0 heterocycles. The highest BCUT2D eigenvalue weighted by Crippen LogP contribution is 2.66. The van der Waals surface area contributed by atoms with Gasteiger partial charge in [0, 0.05) is 0 Å². The third-order valence-electron chi connectivity index (χ3n) is 5.80. The van der Waals surface area contributed by atoms with Gasteiger partial charge in [-0.1, -0.05) is 47.5 Å². The Morgan fingerprint density at radius 3 is 2.06 bits per heavy atom. The van der Waals surface area contributed by atoms with Crippen LogP contribution in [0.2, 0.25) is 0 Å². The zero-order valence-corrected chi connectivity index (χ0v) is 13.4. The van der Waals surface area contributed by atoms with Crippen LogP contribution in [0.1, 0.15) is 60.3 Å². The first kappa shape index (κ1) is 13.9. The van der Waals surface area contributed by atoms with E-state index in [1.807, 2.05) is 0 Å². The van der Waals surface area contributed by atoms with E-state index < -0.39 is 0 Å². The molecule has 3 aliphatic carbocycles. The molecule has 0 aromatic heterocycles. The Balaban J connectivity index is 2.03. The minimum Gasteiger partial charge on any atom is -0.103 e. The second-order valence-corrected chi connectivity index (χ2v) is 9.79. The fraction of sp³-hybridized carbons (Fsp3) is 1.00. The van der Waals surface area contributed by atoms with Crippen molar-refractivity contribution in [1.82, 2.24) is 0 Å². The van der Waals surface area contributed by atoms with Gasteiger partial charge in [-0.3, -0.25) is 0 Å². The molecule has 0 aromatic carbocycles. The van der Waals surface area contributed by atoms with Crippen molar-refractivity contribution in [3.63, 3.8) is 0 Å². The molecule has 1 heteroatoms. The summed E-state index contributed by atoms with van der Waals surface area (Å²) in [5.41, 5.74) is 1.79. The third-order valence-corrected chi connectivity index (χ3v) is 9.47. The van der Waals surface area contributed by atoms with E-state index in [1.54, 1.807) is 12.8 Å². The summed E-state index contributed by atoms with van der Waals surface area (Å²) in [6, 6.07) is 0. The lowest BCUT2D eigenvalue weighted by molar-refractivity contribution is -0.0960. The van der Waals surface area contributed by atoms with E-state index in [-0.39, 0.29) is 0 Å². The first-order valence-corrected chi connectivity index (χ1v) is 9.54. The van der Waals surface area contributed by atoms with Crippen molar-refractivity contribution in [1.29, 1.82) is 0 Å². The summed E-state index contributed by atoms with van der Waals surface area (Å²) >= 11 is 0. The number of fused-ring (bicyclic) bond motifs is 2. The Kier molecular flexibility index (Phi) is 4.24. The van der Waals surface area contributed by atoms with Crippen molar-refractivity contribution in [2.24, 2.45) is 23.2 Å². The van der Waals surface area contributed by atoms with Gasteiger partial charge < -0.3 is 0 Å². The highest BCUT2D eigenvalue weighted by Gasteiger charge is 2.56. The molecule has 0 N–H and O–H groups in total. The van der Waals surface area contributed by atoms with Crippen molar-refractivity contribution < 1.29 is 0 Å². The van der Waals surface area contributed by atoms with Gasteiger partial charge in [0.25, 0.3) is 0 Å². The molecule has 3 rings (SSSR count). The van der Waals surface area contributed by atoms with Crippen molar-refractivity contribution in [2.45, 2.75) is 66.0 Å². The summed E-state index contributed by atoms with van der Waals surface area (Å²) in [5, 5.41) is 0. The van der Waals surface area contributed by atoms with Crippen LogP contribution in [-0.4, -0.2) is 18.0 Å². The summed E-state index contributed by atoms with van der Waals surface area (Å²) in [6.45, 7) is 12.4. The molecule has 3 aliphatic rings. The van der Waals surface area contributed by atoms with Gasteiger partial charge in [0.05, 0.1) is 0 Å². The van der Waals surface area contributed by atoms with Crippen molar-refractivity contribution >= 4 is 7.92 Å². The van der Waals surface area contributed by atoms with Gasteiger partial charge in [0.2, 0.25) is 0 Å². The van der Waals surface area contributed by atoms with Gasteiger partial charge in [-0.15, -0.1) is 7.92 Å². The average molecular weight is 254 g/mol. The van der Waals surface area contributed by atoms with Crippen LogP contribution >= 0.6 is 7.92 Å². The number of rotatable bonds is 5. The fourth-order valence-corrected chi connectivity index (χ4v) is 8.08. The molecule has 4 unspecified atom stereocenters. The average Bonchev–Trinajstić information content (AvgIpc) is 2.28. The first-order chi connectivity index (χ1) is 8.02. The van der Waals surface area contributed by atoms with Crippen LogP contribution in [-0.2, 0) is 0 Å². The molecule has 3 saturated carbocycles. The summed E-state index contributed by atoms with van der Waals surface area (Å²) < 4.78 is 0. The van der Waals surface area contributed by atoms with Crippen molar-refractivity contribution in [2.75, 3.05) is 12.3 Å². The van der Waals surface area contributed by atoms with Gasteiger partial charge >= 0.3 is 0 Å². The lowest BCUT2D eigenvalue weighted by Gasteiger charge is -2.63. The van der Waals surface area contributed by atoms with Crippen LogP contribution in [0.4, 0.5) is 0 Å².